The van der Waals surface area contributed by atoms with E-state index in [2.05, 4.69) is 55.6 Å². The molecule has 0 aliphatic carbocycles. The molecule has 1 amide bonds. The van der Waals surface area contributed by atoms with Gasteiger partial charge in [0.05, 0.1) is 18.8 Å². The normalized spacial score (nSPS) is 13.4. The Morgan fingerprint density at radius 1 is 0.342 bits per heavy atom. The number of unbranched alkanes of at least 4 members (excludes halogenated alkanes) is 47. The van der Waals surface area contributed by atoms with Crippen LogP contribution in [0.15, 0.2) is 48.6 Å². The molecule has 5 nitrogen and oxygen atoms in total. The fraction of sp³-hybridized carbons (Fsp3) is 0.868. The molecule has 0 heterocycles. The zero-order valence-corrected chi connectivity index (χ0v) is 49.3. The standard InChI is InChI=1S/C68H129NO4/c1-3-5-7-9-11-13-15-17-19-21-23-25-26-27-28-29-30-31-32-33-34-35-36-37-38-39-40-41-43-45-47-49-51-53-55-57-59-61-63-67(72)68(73)69-65(64-70)66(71)62-60-58-56-54-52-50-48-46-44-42-24-22-20-18-16-14-12-10-8-6-4-2/h30-31,33-34,52,54,60,62,65-67,70-72H,3-29,32,35-51,53,55-59,61,63-64H2,1-2H3,(H,69,73)/b31-30-,34-33-,54-52+,62-60+. The third-order valence-corrected chi connectivity index (χ3v) is 15.4. The van der Waals surface area contributed by atoms with Crippen LogP contribution in [0.2, 0.25) is 0 Å². The van der Waals surface area contributed by atoms with Crippen molar-refractivity contribution in [2.45, 2.75) is 372 Å². The van der Waals surface area contributed by atoms with Gasteiger partial charge in [-0.05, 0) is 64.2 Å². The van der Waals surface area contributed by atoms with E-state index in [1.165, 1.54) is 289 Å². The molecule has 0 saturated heterocycles. The highest BCUT2D eigenvalue weighted by Gasteiger charge is 2.22. The molecule has 0 fully saturated rings. The van der Waals surface area contributed by atoms with Crippen molar-refractivity contribution in [2.75, 3.05) is 6.61 Å². The minimum Gasteiger partial charge on any atom is -0.394 e. The maximum Gasteiger partial charge on any atom is 0.249 e. The van der Waals surface area contributed by atoms with E-state index in [0.717, 1.165) is 44.9 Å². The van der Waals surface area contributed by atoms with Gasteiger partial charge in [-0.2, -0.15) is 0 Å². The molecule has 430 valence electrons. The monoisotopic (exact) mass is 1020 g/mol. The van der Waals surface area contributed by atoms with Crippen LogP contribution in [0.4, 0.5) is 0 Å². The number of nitrogens with one attached hydrogen (secondary N) is 1. The van der Waals surface area contributed by atoms with Gasteiger partial charge in [-0.3, -0.25) is 4.79 Å². The van der Waals surface area contributed by atoms with Crippen molar-refractivity contribution < 1.29 is 20.1 Å². The Hall–Kier alpha value is -1.69. The van der Waals surface area contributed by atoms with Crippen molar-refractivity contribution in [1.29, 1.82) is 0 Å². The van der Waals surface area contributed by atoms with Gasteiger partial charge in [0, 0.05) is 0 Å². The van der Waals surface area contributed by atoms with Crippen LogP contribution in [0, 0.1) is 0 Å². The first kappa shape index (κ1) is 71.3. The molecule has 73 heavy (non-hydrogen) atoms. The molecule has 3 unspecified atom stereocenters. The summed E-state index contributed by atoms with van der Waals surface area (Å²) in [5, 5.41) is 33.4. The van der Waals surface area contributed by atoms with Gasteiger partial charge >= 0.3 is 0 Å². The Balaban J connectivity index is 3.52. The molecular weight excluding hydrogens is 895 g/mol. The molecule has 0 aromatic heterocycles. The van der Waals surface area contributed by atoms with E-state index in [1.807, 2.05) is 6.08 Å². The van der Waals surface area contributed by atoms with Crippen LogP contribution in [-0.4, -0.2) is 46.1 Å². The van der Waals surface area contributed by atoms with Gasteiger partial charge in [0.15, 0.2) is 0 Å². The second kappa shape index (κ2) is 62.8. The van der Waals surface area contributed by atoms with Crippen molar-refractivity contribution in [3.05, 3.63) is 48.6 Å². The maximum atomic E-state index is 12.6. The topological polar surface area (TPSA) is 89.8 Å². The van der Waals surface area contributed by atoms with Crippen LogP contribution in [-0.2, 0) is 4.79 Å². The lowest BCUT2D eigenvalue weighted by molar-refractivity contribution is -0.131. The molecule has 3 atom stereocenters. The number of allylic oxidation sites excluding steroid dienone is 7. The summed E-state index contributed by atoms with van der Waals surface area (Å²) in [5.74, 6) is -0.509. The third-order valence-electron chi connectivity index (χ3n) is 15.4. The van der Waals surface area contributed by atoms with E-state index in [-0.39, 0.29) is 6.61 Å². The number of hydrogen-bond donors (Lipinski definition) is 4. The summed E-state index contributed by atoms with van der Waals surface area (Å²) in [4.78, 5) is 12.6. The molecule has 0 aliphatic heterocycles. The summed E-state index contributed by atoms with van der Waals surface area (Å²) in [7, 11) is 0. The Morgan fingerprint density at radius 3 is 0.918 bits per heavy atom. The minimum absolute atomic E-state index is 0.375. The lowest BCUT2D eigenvalue weighted by atomic mass is 10.0. The highest BCUT2D eigenvalue weighted by Crippen LogP contribution is 2.18. The first-order valence-corrected chi connectivity index (χ1v) is 33.0. The zero-order chi connectivity index (χ0) is 52.9. The lowest BCUT2D eigenvalue weighted by Crippen LogP contribution is -2.48. The predicted octanol–water partition coefficient (Wildman–Crippen LogP) is 21.1. The summed E-state index contributed by atoms with van der Waals surface area (Å²) in [6, 6.07) is -0.816. The van der Waals surface area contributed by atoms with Crippen molar-refractivity contribution in [3.8, 4) is 0 Å². The Kier molecular flexibility index (Phi) is 61.4. The molecule has 0 bridgehead atoms. The fourth-order valence-corrected chi connectivity index (χ4v) is 10.3. The van der Waals surface area contributed by atoms with Gasteiger partial charge in [0.25, 0.3) is 0 Å². The van der Waals surface area contributed by atoms with Gasteiger partial charge in [-0.25, -0.2) is 0 Å². The summed E-state index contributed by atoms with van der Waals surface area (Å²) in [5.41, 5.74) is 0. The minimum atomic E-state index is -1.11. The molecule has 0 rings (SSSR count). The maximum absolute atomic E-state index is 12.6. The quantitative estimate of drug-likeness (QED) is 0.0361. The van der Waals surface area contributed by atoms with Gasteiger partial charge in [-0.1, -0.05) is 339 Å². The lowest BCUT2D eigenvalue weighted by Gasteiger charge is -2.21. The fourth-order valence-electron chi connectivity index (χ4n) is 10.3. The van der Waals surface area contributed by atoms with E-state index in [0.29, 0.717) is 6.42 Å². The molecule has 0 spiro atoms. The summed E-state index contributed by atoms with van der Waals surface area (Å²) in [6.07, 6.45) is 85.3. The zero-order valence-electron chi connectivity index (χ0n) is 49.3. The number of carbonyl (C=O) groups excluding carboxylic acids is 1. The van der Waals surface area contributed by atoms with Crippen LogP contribution in [0.25, 0.3) is 0 Å². The average molecular weight is 1020 g/mol. The molecule has 0 aromatic rings. The van der Waals surface area contributed by atoms with Crippen molar-refractivity contribution in [1.82, 2.24) is 5.32 Å². The molecule has 0 radical (unpaired) electrons. The summed E-state index contributed by atoms with van der Waals surface area (Å²) in [6.45, 7) is 4.21. The van der Waals surface area contributed by atoms with Gasteiger partial charge in [-0.15, -0.1) is 0 Å². The Bertz CT molecular complexity index is 1180. The van der Waals surface area contributed by atoms with Crippen LogP contribution in [0.5, 0.6) is 0 Å². The highest BCUT2D eigenvalue weighted by atomic mass is 16.3. The smallest absolute Gasteiger partial charge is 0.249 e. The van der Waals surface area contributed by atoms with Crippen molar-refractivity contribution in [2.24, 2.45) is 0 Å². The summed E-state index contributed by atoms with van der Waals surface area (Å²) >= 11 is 0. The van der Waals surface area contributed by atoms with E-state index < -0.39 is 24.2 Å². The largest absolute Gasteiger partial charge is 0.394 e. The first-order chi connectivity index (χ1) is 36.1. The number of hydrogen-bond acceptors (Lipinski definition) is 4. The van der Waals surface area contributed by atoms with Crippen LogP contribution >= 0.6 is 0 Å². The molecule has 0 aromatic carbocycles. The number of aliphatic hydroxyl groups excluding tert-OH is 3. The van der Waals surface area contributed by atoms with Gasteiger partial charge in [0.1, 0.15) is 6.10 Å². The molecule has 4 N–H and O–H groups in total. The average Bonchev–Trinajstić information content (AvgIpc) is 3.40. The number of carbonyl (C=O) groups is 1. The number of aliphatic hydroxyl groups is 3. The molecule has 5 heteroatoms. The third kappa shape index (κ3) is 57.8. The first-order valence-electron chi connectivity index (χ1n) is 33.0. The summed E-state index contributed by atoms with van der Waals surface area (Å²) < 4.78 is 0. The van der Waals surface area contributed by atoms with Crippen LogP contribution in [0.1, 0.15) is 354 Å². The van der Waals surface area contributed by atoms with E-state index in [4.69, 9.17) is 0 Å². The Morgan fingerprint density at radius 2 is 0.603 bits per heavy atom. The van der Waals surface area contributed by atoms with Gasteiger partial charge in [0.2, 0.25) is 5.91 Å². The molecular formula is C68H129NO4. The molecule has 0 saturated carbocycles. The number of rotatable bonds is 61. The number of amides is 1. The Labute approximate surface area is 457 Å². The SMILES string of the molecule is CCCCCCCCCCCCCCCCC/C=C\C/C=C\CCCCCCCCCCCCCCCCCCC(O)C(=O)NC(CO)C(O)/C=C/CC/C=C/CCCCCCCCCCCCCCCCC. The predicted molar refractivity (Wildman–Crippen MR) is 324 cm³/mol. The second-order valence-electron chi connectivity index (χ2n) is 22.7. The van der Waals surface area contributed by atoms with E-state index >= 15 is 0 Å². The van der Waals surface area contributed by atoms with Crippen molar-refractivity contribution in [3.63, 3.8) is 0 Å². The second-order valence-corrected chi connectivity index (χ2v) is 22.7. The van der Waals surface area contributed by atoms with Crippen molar-refractivity contribution >= 4 is 5.91 Å². The van der Waals surface area contributed by atoms with Gasteiger partial charge < -0.3 is 20.6 Å². The van der Waals surface area contributed by atoms with E-state index in [1.54, 1.807) is 6.08 Å². The molecule has 0 aliphatic rings. The van der Waals surface area contributed by atoms with E-state index in [9.17, 15) is 20.1 Å². The van der Waals surface area contributed by atoms with Crippen LogP contribution < -0.4 is 5.32 Å². The van der Waals surface area contributed by atoms with Crippen LogP contribution in [0.3, 0.4) is 0 Å². The highest BCUT2D eigenvalue weighted by molar-refractivity contribution is 5.80.